The minimum atomic E-state index is -1.72. The van der Waals surface area contributed by atoms with E-state index in [0.717, 1.165) is 18.4 Å². The minimum Gasteiger partial charge on any atom is -0.481 e. The maximum atomic E-state index is 12.7. The number of carboxylic acid groups (broad SMARTS) is 1. The van der Waals surface area contributed by atoms with E-state index in [1.807, 2.05) is 0 Å². The first-order chi connectivity index (χ1) is 10.8. The number of aliphatic carboxylic acids is 1. The van der Waals surface area contributed by atoms with Gasteiger partial charge in [0.15, 0.2) is 0 Å². The van der Waals surface area contributed by atoms with Crippen molar-refractivity contribution in [2.24, 2.45) is 5.73 Å². The molecule has 0 aliphatic carbocycles. The number of imide groups is 1. The van der Waals surface area contributed by atoms with Gasteiger partial charge in [0.05, 0.1) is 19.7 Å². The number of carboxylic acids is 1. The highest BCUT2D eigenvalue weighted by molar-refractivity contribution is 6.03. The number of methoxy groups -OCH3 is 1. The van der Waals surface area contributed by atoms with Crippen molar-refractivity contribution >= 4 is 23.8 Å². The van der Waals surface area contributed by atoms with Crippen LogP contribution in [0.15, 0.2) is 0 Å². The molecule has 0 spiro atoms. The average molecular weight is 329 g/mol. The lowest BCUT2D eigenvalue weighted by molar-refractivity contribution is -0.169. The predicted molar refractivity (Wildman–Crippen MR) is 79.2 cm³/mol. The Morgan fingerprint density at radius 1 is 1.39 bits per heavy atom. The van der Waals surface area contributed by atoms with Crippen LogP contribution < -0.4 is 11.1 Å². The van der Waals surface area contributed by atoms with Crippen LogP contribution in [-0.2, 0) is 23.9 Å². The SMILES string of the molecule is COC(=O)[C@](C)(CCC(=O)O)N(C(=O)CN)C(=O)[C@@H]1CCCN1. The third-order valence-corrected chi connectivity index (χ3v) is 3.95. The van der Waals surface area contributed by atoms with E-state index < -0.39 is 48.3 Å². The largest absolute Gasteiger partial charge is 0.481 e. The van der Waals surface area contributed by atoms with E-state index in [1.54, 1.807) is 0 Å². The summed E-state index contributed by atoms with van der Waals surface area (Å²) in [5.74, 6) is -3.34. The fourth-order valence-electron chi connectivity index (χ4n) is 2.66. The Labute approximate surface area is 134 Å². The van der Waals surface area contributed by atoms with Crippen LogP contribution in [0, 0.1) is 0 Å². The van der Waals surface area contributed by atoms with Crippen LogP contribution in [0.3, 0.4) is 0 Å². The summed E-state index contributed by atoms with van der Waals surface area (Å²) in [5.41, 5.74) is 3.65. The number of carbonyl (C=O) groups excluding carboxylic acids is 3. The number of nitrogens with zero attached hydrogens (tertiary/aromatic N) is 1. The highest BCUT2D eigenvalue weighted by Gasteiger charge is 2.48. The molecule has 1 rings (SSSR count). The standard InChI is InChI=1S/C14H23N3O6/c1-14(13(22)23-2,6-5-11(19)20)17(10(18)8-15)12(21)9-4-3-7-16-9/h9,16H,3-8,15H2,1-2H3,(H,19,20)/t9-,14-/m0/s1. The zero-order valence-electron chi connectivity index (χ0n) is 13.3. The smallest absolute Gasteiger partial charge is 0.332 e. The average Bonchev–Trinajstić information content (AvgIpc) is 3.06. The highest BCUT2D eigenvalue weighted by atomic mass is 16.5. The van der Waals surface area contributed by atoms with Gasteiger partial charge in [-0.15, -0.1) is 0 Å². The molecule has 0 aromatic carbocycles. The quantitative estimate of drug-likeness (QED) is 0.498. The van der Waals surface area contributed by atoms with Crippen molar-refractivity contribution in [3.05, 3.63) is 0 Å². The number of nitrogens with one attached hydrogen (secondary N) is 1. The first-order valence-electron chi connectivity index (χ1n) is 7.38. The molecule has 1 aliphatic heterocycles. The summed E-state index contributed by atoms with van der Waals surface area (Å²) in [6.07, 6.45) is 0.652. The number of carbonyl (C=O) groups is 4. The molecule has 0 aromatic rings. The number of ether oxygens (including phenoxy) is 1. The maximum Gasteiger partial charge on any atom is 0.332 e. The molecule has 1 saturated heterocycles. The summed E-state index contributed by atoms with van der Waals surface area (Å²) >= 11 is 0. The van der Waals surface area contributed by atoms with E-state index in [-0.39, 0.29) is 6.42 Å². The van der Waals surface area contributed by atoms with E-state index in [2.05, 4.69) is 5.32 Å². The monoisotopic (exact) mass is 329 g/mol. The number of amides is 2. The van der Waals surface area contributed by atoms with Gasteiger partial charge >= 0.3 is 11.9 Å². The number of hydrogen-bond donors (Lipinski definition) is 3. The summed E-state index contributed by atoms with van der Waals surface area (Å²) in [7, 11) is 1.12. The first kappa shape index (κ1) is 19.0. The van der Waals surface area contributed by atoms with E-state index in [1.165, 1.54) is 6.92 Å². The van der Waals surface area contributed by atoms with Gasteiger partial charge in [0.1, 0.15) is 5.54 Å². The van der Waals surface area contributed by atoms with Crippen molar-refractivity contribution in [3.8, 4) is 0 Å². The van der Waals surface area contributed by atoms with Crippen molar-refractivity contribution in [2.45, 2.75) is 44.2 Å². The number of hydrogen-bond acceptors (Lipinski definition) is 7. The molecule has 9 heteroatoms. The molecule has 1 aliphatic rings. The first-order valence-corrected chi connectivity index (χ1v) is 7.38. The molecule has 1 fully saturated rings. The van der Waals surface area contributed by atoms with Crippen molar-refractivity contribution in [1.82, 2.24) is 10.2 Å². The van der Waals surface area contributed by atoms with Crippen LogP contribution in [-0.4, -0.2) is 65.5 Å². The molecule has 0 aromatic heterocycles. The number of esters is 1. The van der Waals surface area contributed by atoms with Crippen LogP contribution in [0.5, 0.6) is 0 Å². The van der Waals surface area contributed by atoms with Gasteiger partial charge in [0, 0.05) is 6.42 Å². The summed E-state index contributed by atoms with van der Waals surface area (Å²) in [5, 5.41) is 11.8. The molecular formula is C14H23N3O6. The summed E-state index contributed by atoms with van der Waals surface area (Å²) in [6.45, 7) is 1.48. The molecule has 0 saturated carbocycles. The number of rotatable bonds is 7. The van der Waals surface area contributed by atoms with Crippen molar-refractivity contribution in [3.63, 3.8) is 0 Å². The molecule has 1 heterocycles. The van der Waals surface area contributed by atoms with Crippen LogP contribution in [0.4, 0.5) is 0 Å². The molecule has 9 nitrogen and oxygen atoms in total. The topological polar surface area (TPSA) is 139 Å². The van der Waals surface area contributed by atoms with Crippen LogP contribution in [0.1, 0.15) is 32.6 Å². The fourth-order valence-corrected chi connectivity index (χ4v) is 2.66. The summed E-state index contributed by atoms with van der Waals surface area (Å²) in [4.78, 5) is 48.7. The molecule has 2 amide bonds. The predicted octanol–water partition coefficient (Wildman–Crippen LogP) is -1.15. The highest BCUT2D eigenvalue weighted by Crippen LogP contribution is 2.26. The van der Waals surface area contributed by atoms with Gasteiger partial charge in [-0.1, -0.05) is 0 Å². The Morgan fingerprint density at radius 2 is 2.04 bits per heavy atom. The Morgan fingerprint density at radius 3 is 2.48 bits per heavy atom. The third kappa shape index (κ3) is 4.26. The Kier molecular flexibility index (Phi) is 6.64. The van der Waals surface area contributed by atoms with Gasteiger partial charge in [-0.05, 0) is 32.7 Å². The zero-order valence-corrected chi connectivity index (χ0v) is 13.3. The molecule has 130 valence electrons. The second-order valence-corrected chi connectivity index (χ2v) is 5.58. The Hall–Kier alpha value is -2.00. The number of nitrogens with two attached hydrogens (primary N) is 1. The van der Waals surface area contributed by atoms with Gasteiger partial charge in [0.25, 0.3) is 0 Å². The molecule has 23 heavy (non-hydrogen) atoms. The van der Waals surface area contributed by atoms with E-state index in [9.17, 15) is 19.2 Å². The lowest BCUT2D eigenvalue weighted by atomic mass is 9.92. The summed E-state index contributed by atoms with van der Waals surface area (Å²) < 4.78 is 4.70. The minimum absolute atomic E-state index is 0.251. The van der Waals surface area contributed by atoms with Crippen LogP contribution in [0.2, 0.25) is 0 Å². The van der Waals surface area contributed by atoms with Crippen LogP contribution >= 0.6 is 0 Å². The van der Waals surface area contributed by atoms with E-state index in [4.69, 9.17) is 15.6 Å². The van der Waals surface area contributed by atoms with E-state index in [0.29, 0.717) is 13.0 Å². The second-order valence-electron chi connectivity index (χ2n) is 5.58. The molecule has 0 bridgehead atoms. The van der Waals surface area contributed by atoms with Crippen molar-refractivity contribution < 1.29 is 29.0 Å². The van der Waals surface area contributed by atoms with Gasteiger partial charge < -0.3 is 20.9 Å². The van der Waals surface area contributed by atoms with Crippen molar-refractivity contribution in [1.29, 1.82) is 0 Å². The molecule has 4 N–H and O–H groups in total. The van der Waals surface area contributed by atoms with Gasteiger partial charge in [-0.25, -0.2) is 4.79 Å². The lowest BCUT2D eigenvalue weighted by Gasteiger charge is -2.38. The fraction of sp³-hybridized carbons (Fsp3) is 0.714. The lowest BCUT2D eigenvalue weighted by Crippen LogP contribution is -2.62. The van der Waals surface area contributed by atoms with Gasteiger partial charge in [0.2, 0.25) is 11.8 Å². The molecule has 2 atom stereocenters. The van der Waals surface area contributed by atoms with E-state index >= 15 is 0 Å². The Bertz CT molecular complexity index is 489. The van der Waals surface area contributed by atoms with Gasteiger partial charge in [-0.3, -0.25) is 19.3 Å². The molecule has 0 radical (unpaired) electrons. The zero-order chi connectivity index (χ0) is 17.6. The van der Waals surface area contributed by atoms with Crippen LogP contribution in [0.25, 0.3) is 0 Å². The Balaban J connectivity index is 3.19. The molecular weight excluding hydrogens is 306 g/mol. The third-order valence-electron chi connectivity index (χ3n) is 3.95. The molecule has 0 unspecified atom stereocenters. The maximum absolute atomic E-state index is 12.7. The normalized spacial score (nSPS) is 19.7. The second kappa shape index (κ2) is 8.02. The summed E-state index contributed by atoms with van der Waals surface area (Å²) in [6, 6.07) is -0.598. The van der Waals surface area contributed by atoms with Gasteiger partial charge in [-0.2, -0.15) is 0 Å². The van der Waals surface area contributed by atoms with Crippen molar-refractivity contribution in [2.75, 3.05) is 20.2 Å².